The Bertz CT molecular complexity index is 1140. The second-order valence-electron chi connectivity index (χ2n) is 5.27. The molecule has 0 fully saturated rings. The molecular weight excluding hydrogens is 395 g/mol. The van der Waals surface area contributed by atoms with Crippen LogP contribution in [0.3, 0.4) is 0 Å². The summed E-state index contributed by atoms with van der Waals surface area (Å²) in [5, 5.41) is 5.51. The zero-order valence-electron chi connectivity index (χ0n) is 12.6. The van der Waals surface area contributed by atoms with Crippen LogP contribution in [0, 0.1) is 0 Å². The lowest BCUT2D eigenvalue weighted by Gasteiger charge is -2.01. The van der Waals surface area contributed by atoms with Gasteiger partial charge in [0.1, 0.15) is 4.83 Å². The summed E-state index contributed by atoms with van der Waals surface area (Å²) < 4.78 is 0. The number of thiophene rings is 2. The molecule has 0 spiro atoms. The molecule has 0 atom stereocenters. The Balaban J connectivity index is 1.81. The Morgan fingerprint density at radius 1 is 1.20 bits per heavy atom. The minimum Gasteiger partial charge on any atom is -0.305 e. The van der Waals surface area contributed by atoms with Gasteiger partial charge in [0, 0.05) is 20.8 Å². The van der Waals surface area contributed by atoms with Crippen molar-refractivity contribution in [1.82, 2.24) is 9.97 Å². The van der Waals surface area contributed by atoms with Crippen molar-refractivity contribution in [3.63, 3.8) is 0 Å². The Labute approximate surface area is 161 Å². The van der Waals surface area contributed by atoms with Crippen LogP contribution in [0.1, 0.15) is 11.4 Å². The first-order valence-corrected chi connectivity index (χ1v) is 9.82. The van der Waals surface area contributed by atoms with Crippen molar-refractivity contribution < 1.29 is 0 Å². The maximum Gasteiger partial charge on any atom is 0.260 e. The largest absolute Gasteiger partial charge is 0.305 e. The molecule has 4 rings (SSSR count). The van der Waals surface area contributed by atoms with E-state index in [4.69, 9.17) is 23.2 Å². The molecule has 0 unspecified atom stereocenters. The lowest BCUT2D eigenvalue weighted by molar-refractivity contribution is 1.14. The first-order chi connectivity index (χ1) is 12.1. The number of aromatic nitrogens is 2. The van der Waals surface area contributed by atoms with Gasteiger partial charge in [-0.05, 0) is 35.2 Å². The van der Waals surface area contributed by atoms with E-state index in [0.717, 1.165) is 16.0 Å². The summed E-state index contributed by atoms with van der Waals surface area (Å²) in [6.07, 6.45) is 1.73. The van der Waals surface area contributed by atoms with Gasteiger partial charge < -0.3 is 4.98 Å². The van der Waals surface area contributed by atoms with Crippen LogP contribution in [-0.2, 0) is 0 Å². The van der Waals surface area contributed by atoms with E-state index in [1.54, 1.807) is 29.5 Å². The summed E-state index contributed by atoms with van der Waals surface area (Å²) in [5.74, 6) is 0.346. The number of fused-ring (bicyclic) bond motifs is 1. The molecular formula is C18H10Cl2N2OS2. The average molecular weight is 405 g/mol. The molecule has 0 bridgehead atoms. The van der Waals surface area contributed by atoms with Gasteiger partial charge >= 0.3 is 0 Å². The summed E-state index contributed by atoms with van der Waals surface area (Å²) >= 11 is 15.4. The average Bonchev–Trinajstić information content (AvgIpc) is 3.23. The van der Waals surface area contributed by atoms with Crippen molar-refractivity contribution in [2.24, 2.45) is 0 Å². The normalized spacial score (nSPS) is 12.0. The van der Waals surface area contributed by atoms with Gasteiger partial charge in [0.25, 0.3) is 5.56 Å². The molecule has 25 heavy (non-hydrogen) atoms. The first-order valence-electron chi connectivity index (χ1n) is 7.30. The summed E-state index contributed by atoms with van der Waals surface area (Å²) in [6, 6.07) is 11.3. The van der Waals surface area contributed by atoms with Crippen LogP contribution >= 0.6 is 45.9 Å². The van der Waals surface area contributed by atoms with Crippen molar-refractivity contribution in [2.75, 3.05) is 0 Å². The van der Waals surface area contributed by atoms with E-state index in [1.165, 1.54) is 11.3 Å². The van der Waals surface area contributed by atoms with Crippen molar-refractivity contribution in [2.45, 2.75) is 0 Å². The highest BCUT2D eigenvalue weighted by Crippen LogP contribution is 2.34. The highest BCUT2D eigenvalue weighted by Gasteiger charge is 2.14. The molecule has 0 aliphatic heterocycles. The molecule has 0 saturated carbocycles. The highest BCUT2D eigenvalue weighted by atomic mass is 35.5. The molecule has 1 aromatic carbocycles. The summed E-state index contributed by atoms with van der Waals surface area (Å²) in [6.45, 7) is 0. The van der Waals surface area contributed by atoms with Gasteiger partial charge in [-0.1, -0.05) is 41.4 Å². The standard InChI is InChI=1S/C18H10Cl2N2OS2/c19-11-4-1-3-10(7-11)8-13(20)16-21-17(23)15-12(9-25-18(15)22-16)14-5-2-6-24-14/h1-9H,(H,21,22,23)/b13-8-. The highest BCUT2D eigenvalue weighted by molar-refractivity contribution is 7.18. The summed E-state index contributed by atoms with van der Waals surface area (Å²) in [4.78, 5) is 21.6. The zero-order valence-corrected chi connectivity index (χ0v) is 15.8. The van der Waals surface area contributed by atoms with Crippen LogP contribution in [0.15, 0.2) is 52.0 Å². The molecule has 3 heterocycles. The fraction of sp³-hybridized carbons (Fsp3) is 0. The number of nitrogens with one attached hydrogen (secondary N) is 1. The van der Waals surface area contributed by atoms with E-state index in [2.05, 4.69) is 9.97 Å². The van der Waals surface area contributed by atoms with Crippen molar-refractivity contribution in [3.8, 4) is 10.4 Å². The Morgan fingerprint density at radius 2 is 2.08 bits per heavy atom. The Morgan fingerprint density at radius 3 is 2.84 bits per heavy atom. The van der Waals surface area contributed by atoms with E-state index in [-0.39, 0.29) is 5.56 Å². The van der Waals surface area contributed by atoms with Gasteiger partial charge in [-0.25, -0.2) is 4.98 Å². The molecule has 4 aromatic rings. The van der Waals surface area contributed by atoms with Gasteiger partial charge in [0.2, 0.25) is 0 Å². The number of aromatic amines is 1. The lowest BCUT2D eigenvalue weighted by Crippen LogP contribution is -2.10. The predicted octanol–water partition coefficient (Wildman–Crippen LogP) is 6.10. The number of hydrogen-bond acceptors (Lipinski definition) is 4. The second kappa shape index (κ2) is 6.77. The number of benzene rings is 1. The van der Waals surface area contributed by atoms with Crippen LogP contribution in [0.2, 0.25) is 5.02 Å². The van der Waals surface area contributed by atoms with Crippen LogP contribution in [-0.4, -0.2) is 9.97 Å². The van der Waals surface area contributed by atoms with Crippen molar-refractivity contribution in [1.29, 1.82) is 0 Å². The maximum absolute atomic E-state index is 12.6. The molecule has 124 valence electrons. The molecule has 3 nitrogen and oxygen atoms in total. The molecule has 0 aliphatic rings. The van der Waals surface area contributed by atoms with E-state index < -0.39 is 0 Å². The minimum atomic E-state index is -0.192. The predicted molar refractivity (Wildman–Crippen MR) is 109 cm³/mol. The van der Waals surface area contributed by atoms with E-state index in [9.17, 15) is 4.79 Å². The van der Waals surface area contributed by atoms with Crippen LogP contribution in [0.25, 0.3) is 31.8 Å². The molecule has 1 N–H and O–H groups in total. The van der Waals surface area contributed by atoms with Crippen LogP contribution in [0.5, 0.6) is 0 Å². The summed E-state index contributed by atoms with van der Waals surface area (Å²) in [5.41, 5.74) is 1.55. The third-order valence-electron chi connectivity index (χ3n) is 3.60. The van der Waals surface area contributed by atoms with Gasteiger partial charge in [-0.15, -0.1) is 22.7 Å². The molecule has 0 amide bonds. The molecule has 0 radical (unpaired) electrons. The molecule has 3 aromatic heterocycles. The van der Waals surface area contributed by atoms with E-state index >= 15 is 0 Å². The Hall–Kier alpha value is -1.92. The van der Waals surface area contributed by atoms with E-state index in [0.29, 0.717) is 26.1 Å². The third-order valence-corrected chi connectivity index (χ3v) is 5.90. The number of hydrogen-bond donors (Lipinski definition) is 1. The van der Waals surface area contributed by atoms with Crippen molar-refractivity contribution in [3.05, 3.63) is 73.9 Å². The van der Waals surface area contributed by atoms with E-state index in [1.807, 2.05) is 35.0 Å². The number of nitrogens with zero attached hydrogens (tertiary/aromatic N) is 1. The van der Waals surface area contributed by atoms with Crippen LogP contribution < -0.4 is 5.56 Å². The molecule has 7 heteroatoms. The summed E-state index contributed by atoms with van der Waals surface area (Å²) in [7, 11) is 0. The minimum absolute atomic E-state index is 0.192. The smallest absolute Gasteiger partial charge is 0.260 e. The maximum atomic E-state index is 12.6. The zero-order chi connectivity index (χ0) is 17.4. The van der Waals surface area contributed by atoms with Gasteiger partial charge in [-0.2, -0.15) is 0 Å². The number of halogens is 2. The molecule has 0 saturated heterocycles. The third kappa shape index (κ3) is 3.28. The number of H-pyrrole nitrogens is 1. The molecule has 0 aliphatic carbocycles. The van der Waals surface area contributed by atoms with Gasteiger partial charge in [0.15, 0.2) is 5.82 Å². The first kappa shape index (κ1) is 16.5. The fourth-order valence-corrected chi connectivity index (χ4v) is 4.66. The van der Waals surface area contributed by atoms with Crippen molar-refractivity contribution >= 4 is 67.2 Å². The van der Waals surface area contributed by atoms with Gasteiger partial charge in [-0.3, -0.25) is 4.79 Å². The quantitative estimate of drug-likeness (QED) is 0.447. The lowest BCUT2D eigenvalue weighted by atomic mass is 10.2. The second-order valence-corrected chi connectivity index (χ2v) is 7.92. The SMILES string of the molecule is O=c1[nH]c(/C(Cl)=C/c2cccc(Cl)c2)nc2scc(-c3cccs3)c12. The fourth-order valence-electron chi connectivity index (χ4n) is 2.49. The van der Waals surface area contributed by atoms with Gasteiger partial charge in [0.05, 0.1) is 10.4 Å². The monoisotopic (exact) mass is 404 g/mol. The van der Waals surface area contributed by atoms with Crippen LogP contribution in [0.4, 0.5) is 0 Å². The Kier molecular flexibility index (Phi) is 4.48. The number of rotatable bonds is 3. The topological polar surface area (TPSA) is 45.8 Å².